The summed E-state index contributed by atoms with van der Waals surface area (Å²) in [7, 11) is -3.58. The van der Waals surface area contributed by atoms with Crippen LogP contribution >= 0.6 is 15.9 Å². The molecule has 0 amide bonds. The Kier molecular flexibility index (Phi) is 5.53. The Bertz CT molecular complexity index is 591. The van der Waals surface area contributed by atoms with Crippen LogP contribution in [0.3, 0.4) is 0 Å². The number of rotatable bonds is 5. The van der Waals surface area contributed by atoms with E-state index in [1.807, 2.05) is 13.0 Å². The minimum atomic E-state index is -3.58. The number of nitriles is 1. The predicted molar refractivity (Wildman–Crippen MR) is 78.1 cm³/mol. The molecular weight excluding hydrogens is 328 g/mol. The van der Waals surface area contributed by atoms with Crippen LogP contribution in [-0.4, -0.2) is 25.3 Å². The van der Waals surface area contributed by atoms with Crippen molar-refractivity contribution in [3.63, 3.8) is 0 Å². The first-order chi connectivity index (χ1) is 8.80. The summed E-state index contributed by atoms with van der Waals surface area (Å²) in [5.74, 6) is 0. The van der Waals surface area contributed by atoms with Crippen LogP contribution in [0.5, 0.6) is 0 Å². The molecule has 0 aromatic heterocycles. The fourth-order valence-electron chi connectivity index (χ4n) is 1.76. The van der Waals surface area contributed by atoms with Gasteiger partial charge in [0, 0.05) is 23.5 Å². The second kappa shape index (κ2) is 6.51. The number of aryl methyl sites for hydroxylation is 1. The van der Waals surface area contributed by atoms with Gasteiger partial charge < -0.3 is 0 Å². The lowest BCUT2D eigenvalue weighted by Gasteiger charge is -2.25. The molecule has 0 N–H and O–H groups in total. The zero-order chi connectivity index (χ0) is 14.6. The number of halogens is 1. The highest BCUT2D eigenvalue weighted by Gasteiger charge is 2.28. The fraction of sp³-hybridized carbons (Fsp3) is 0.462. The monoisotopic (exact) mass is 344 g/mol. The van der Waals surface area contributed by atoms with E-state index < -0.39 is 10.0 Å². The van der Waals surface area contributed by atoms with Crippen molar-refractivity contribution in [1.82, 2.24) is 4.31 Å². The summed E-state index contributed by atoms with van der Waals surface area (Å²) in [6.45, 7) is 5.71. The topological polar surface area (TPSA) is 61.2 Å². The Hall–Kier alpha value is -0.900. The highest BCUT2D eigenvalue weighted by atomic mass is 79.9. The highest BCUT2D eigenvalue weighted by Crippen LogP contribution is 2.27. The van der Waals surface area contributed by atoms with Gasteiger partial charge >= 0.3 is 0 Å². The molecule has 6 heteroatoms. The predicted octanol–water partition coefficient (Wildman–Crippen LogP) is 3.07. The molecule has 19 heavy (non-hydrogen) atoms. The summed E-state index contributed by atoms with van der Waals surface area (Å²) < 4.78 is 27.1. The summed E-state index contributed by atoms with van der Waals surface area (Å²) in [5.41, 5.74) is 0.985. The number of benzene rings is 1. The SMILES string of the molecule is Cc1ccc(S(=O)(=O)N(CCC#N)C(C)C)c(Br)c1. The van der Waals surface area contributed by atoms with Crippen molar-refractivity contribution in [2.45, 2.75) is 38.1 Å². The van der Waals surface area contributed by atoms with Crippen LogP contribution in [0, 0.1) is 18.3 Å². The molecule has 1 rings (SSSR count). The standard InChI is InChI=1S/C13H17BrN2O2S/c1-10(2)16(8-4-7-15)19(17,18)13-6-5-11(3)9-12(13)14/h5-6,9-10H,4,8H2,1-3H3. The molecule has 0 heterocycles. The van der Waals surface area contributed by atoms with Crippen molar-refractivity contribution in [3.8, 4) is 6.07 Å². The largest absolute Gasteiger partial charge is 0.244 e. The quantitative estimate of drug-likeness (QED) is 0.824. The van der Waals surface area contributed by atoms with Gasteiger partial charge in [-0.1, -0.05) is 6.07 Å². The average Bonchev–Trinajstić information content (AvgIpc) is 2.27. The van der Waals surface area contributed by atoms with E-state index in [-0.39, 0.29) is 23.9 Å². The highest BCUT2D eigenvalue weighted by molar-refractivity contribution is 9.10. The van der Waals surface area contributed by atoms with Gasteiger partial charge in [-0.05, 0) is 54.4 Å². The second-order valence-electron chi connectivity index (χ2n) is 4.55. The zero-order valence-electron chi connectivity index (χ0n) is 11.2. The maximum atomic E-state index is 12.6. The third-order valence-electron chi connectivity index (χ3n) is 2.69. The fourth-order valence-corrected chi connectivity index (χ4v) is 4.55. The molecule has 0 saturated heterocycles. The van der Waals surface area contributed by atoms with E-state index in [0.29, 0.717) is 4.47 Å². The molecule has 1 aromatic rings. The Morgan fingerprint density at radius 2 is 2.05 bits per heavy atom. The van der Waals surface area contributed by atoms with Crippen LogP contribution in [0.4, 0.5) is 0 Å². The first-order valence-corrected chi connectivity index (χ1v) is 8.19. The molecule has 0 bridgehead atoms. The van der Waals surface area contributed by atoms with Crippen LogP contribution in [0.2, 0.25) is 0 Å². The number of sulfonamides is 1. The molecule has 0 aliphatic carbocycles. The first-order valence-electron chi connectivity index (χ1n) is 5.95. The lowest BCUT2D eigenvalue weighted by Crippen LogP contribution is -2.37. The van der Waals surface area contributed by atoms with Gasteiger partial charge in [-0.2, -0.15) is 9.57 Å². The van der Waals surface area contributed by atoms with E-state index in [4.69, 9.17) is 5.26 Å². The van der Waals surface area contributed by atoms with Gasteiger partial charge in [0.2, 0.25) is 10.0 Å². The van der Waals surface area contributed by atoms with E-state index in [9.17, 15) is 8.42 Å². The van der Waals surface area contributed by atoms with Gasteiger partial charge in [0.05, 0.1) is 11.0 Å². The van der Waals surface area contributed by atoms with E-state index in [0.717, 1.165) is 5.56 Å². The van der Waals surface area contributed by atoms with Crippen molar-refractivity contribution in [3.05, 3.63) is 28.2 Å². The third kappa shape index (κ3) is 3.78. The molecule has 0 aliphatic rings. The van der Waals surface area contributed by atoms with Crippen LogP contribution < -0.4 is 0 Å². The normalized spacial score (nSPS) is 11.8. The number of nitrogens with zero attached hydrogens (tertiary/aromatic N) is 2. The Morgan fingerprint density at radius 3 is 2.53 bits per heavy atom. The van der Waals surface area contributed by atoms with Crippen molar-refractivity contribution >= 4 is 26.0 Å². The number of hydrogen-bond donors (Lipinski definition) is 0. The molecule has 0 saturated carbocycles. The van der Waals surface area contributed by atoms with Gasteiger partial charge in [0.15, 0.2) is 0 Å². The molecular formula is C13H17BrN2O2S. The maximum Gasteiger partial charge on any atom is 0.244 e. The minimum absolute atomic E-state index is 0.181. The van der Waals surface area contributed by atoms with Crippen LogP contribution in [0.1, 0.15) is 25.8 Å². The van der Waals surface area contributed by atoms with E-state index in [1.165, 1.54) is 4.31 Å². The van der Waals surface area contributed by atoms with Gasteiger partial charge in [0.25, 0.3) is 0 Å². The van der Waals surface area contributed by atoms with Gasteiger partial charge in [0.1, 0.15) is 0 Å². The second-order valence-corrected chi connectivity index (χ2v) is 7.26. The Labute approximate surface area is 123 Å². The molecule has 0 fully saturated rings. The van der Waals surface area contributed by atoms with Crippen molar-refractivity contribution < 1.29 is 8.42 Å². The van der Waals surface area contributed by atoms with E-state index in [1.54, 1.807) is 32.0 Å². The van der Waals surface area contributed by atoms with Crippen LogP contribution in [0.15, 0.2) is 27.6 Å². The molecule has 0 radical (unpaired) electrons. The molecule has 0 spiro atoms. The Balaban J connectivity index is 3.23. The smallest absolute Gasteiger partial charge is 0.207 e. The maximum absolute atomic E-state index is 12.6. The van der Waals surface area contributed by atoms with Gasteiger partial charge in [-0.25, -0.2) is 8.42 Å². The van der Waals surface area contributed by atoms with Crippen molar-refractivity contribution in [1.29, 1.82) is 5.26 Å². The summed E-state index contributed by atoms with van der Waals surface area (Å²) in [5, 5.41) is 8.64. The Morgan fingerprint density at radius 1 is 1.42 bits per heavy atom. The lowest BCUT2D eigenvalue weighted by molar-refractivity contribution is 0.360. The van der Waals surface area contributed by atoms with Crippen molar-refractivity contribution in [2.75, 3.05) is 6.54 Å². The summed E-state index contributed by atoms with van der Waals surface area (Å²) in [6, 6.07) is 6.93. The molecule has 0 atom stereocenters. The zero-order valence-corrected chi connectivity index (χ0v) is 13.6. The van der Waals surface area contributed by atoms with Crippen LogP contribution in [0.25, 0.3) is 0 Å². The van der Waals surface area contributed by atoms with Crippen LogP contribution in [-0.2, 0) is 10.0 Å². The van der Waals surface area contributed by atoms with Gasteiger partial charge in [-0.15, -0.1) is 0 Å². The third-order valence-corrected chi connectivity index (χ3v) is 5.75. The number of hydrogen-bond acceptors (Lipinski definition) is 3. The summed E-state index contributed by atoms with van der Waals surface area (Å²) in [6.07, 6.45) is 0.181. The van der Waals surface area contributed by atoms with Crippen molar-refractivity contribution in [2.24, 2.45) is 0 Å². The molecule has 4 nitrogen and oxygen atoms in total. The summed E-state index contributed by atoms with van der Waals surface area (Å²) in [4.78, 5) is 0.240. The molecule has 0 aliphatic heterocycles. The molecule has 1 aromatic carbocycles. The molecule has 104 valence electrons. The van der Waals surface area contributed by atoms with Gasteiger partial charge in [-0.3, -0.25) is 0 Å². The molecule has 0 unspecified atom stereocenters. The van der Waals surface area contributed by atoms with E-state index >= 15 is 0 Å². The first kappa shape index (κ1) is 16.2. The average molecular weight is 345 g/mol. The minimum Gasteiger partial charge on any atom is -0.207 e. The van der Waals surface area contributed by atoms with E-state index in [2.05, 4.69) is 15.9 Å². The lowest BCUT2D eigenvalue weighted by atomic mass is 10.2. The summed E-state index contributed by atoms with van der Waals surface area (Å²) >= 11 is 3.30.